The van der Waals surface area contributed by atoms with Crippen LogP contribution in [0.4, 0.5) is 0 Å². The number of hydrogen-bond donors (Lipinski definition) is 2. The van der Waals surface area contributed by atoms with Crippen LogP contribution in [0.3, 0.4) is 0 Å². The summed E-state index contributed by atoms with van der Waals surface area (Å²) in [4.78, 5) is 25.4. The summed E-state index contributed by atoms with van der Waals surface area (Å²) in [6.07, 6.45) is 0.903. The largest absolute Gasteiger partial charge is 0.368 e. The van der Waals surface area contributed by atoms with E-state index in [0.717, 1.165) is 23.1 Å². The lowest BCUT2D eigenvalue weighted by molar-refractivity contribution is -0.128. The Bertz CT molecular complexity index is 891. The Morgan fingerprint density at radius 3 is 1.52 bits per heavy atom. The Hall–Kier alpha value is -3.40. The number of benzene rings is 3. The van der Waals surface area contributed by atoms with Crippen molar-refractivity contribution in [3.63, 3.8) is 0 Å². The Balaban J connectivity index is 2.12. The number of nitrogens with two attached hydrogens (primary N) is 1. The molecule has 3 N–H and O–H groups in total. The van der Waals surface area contributed by atoms with Gasteiger partial charge in [-0.1, -0.05) is 111 Å². The van der Waals surface area contributed by atoms with Crippen LogP contribution in [0.1, 0.15) is 43.4 Å². The fourth-order valence-corrected chi connectivity index (χ4v) is 4.17. The first kappa shape index (κ1) is 22.3. The maximum absolute atomic E-state index is 13.4. The Morgan fingerprint density at radius 1 is 0.806 bits per heavy atom. The molecule has 0 unspecified atom stereocenters. The van der Waals surface area contributed by atoms with Crippen LogP contribution < -0.4 is 11.1 Å². The van der Waals surface area contributed by atoms with E-state index in [1.807, 2.05) is 105 Å². The SMILES string of the molecule is CC[C@@H](C)[C@@H](NC(=O)CC(c1ccccc1)(c1ccccc1)c1ccccc1)C(N)=O. The molecule has 0 aliphatic rings. The van der Waals surface area contributed by atoms with Crippen LogP contribution in [0.15, 0.2) is 91.0 Å². The molecular formula is C27H30N2O2. The van der Waals surface area contributed by atoms with Crippen molar-refractivity contribution in [2.45, 2.75) is 38.1 Å². The molecule has 3 rings (SSSR count). The highest BCUT2D eigenvalue weighted by atomic mass is 16.2. The van der Waals surface area contributed by atoms with Gasteiger partial charge < -0.3 is 11.1 Å². The second-order valence-corrected chi connectivity index (χ2v) is 8.01. The van der Waals surface area contributed by atoms with Crippen molar-refractivity contribution in [2.75, 3.05) is 0 Å². The van der Waals surface area contributed by atoms with Crippen LogP contribution in [0.25, 0.3) is 0 Å². The molecule has 0 aromatic heterocycles. The molecule has 2 atom stereocenters. The minimum atomic E-state index is -0.703. The van der Waals surface area contributed by atoms with Gasteiger partial charge in [0.25, 0.3) is 0 Å². The van der Waals surface area contributed by atoms with Crippen molar-refractivity contribution in [2.24, 2.45) is 11.7 Å². The predicted molar refractivity (Wildman–Crippen MR) is 124 cm³/mol. The number of hydrogen-bond acceptors (Lipinski definition) is 2. The minimum Gasteiger partial charge on any atom is -0.368 e. The molecule has 0 radical (unpaired) electrons. The summed E-state index contributed by atoms with van der Waals surface area (Å²) in [5.41, 5.74) is 7.95. The first-order chi connectivity index (χ1) is 15.0. The summed E-state index contributed by atoms with van der Waals surface area (Å²) in [7, 11) is 0. The van der Waals surface area contributed by atoms with Crippen LogP contribution in [-0.2, 0) is 15.0 Å². The number of carbonyl (C=O) groups excluding carboxylic acids is 2. The van der Waals surface area contributed by atoms with Crippen molar-refractivity contribution in [1.82, 2.24) is 5.32 Å². The van der Waals surface area contributed by atoms with Crippen molar-refractivity contribution in [3.8, 4) is 0 Å². The van der Waals surface area contributed by atoms with Gasteiger partial charge in [-0.25, -0.2) is 0 Å². The van der Waals surface area contributed by atoms with E-state index in [9.17, 15) is 9.59 Å². The van der Waals surface area contributed by atoms with Crippen molar-refractivity contribution >= 4 is 11.8 Å². The summed E-state index contributed by atoms with van der Waals surface area (Å²) >= 11 is 0. The molecule has 0 saturated heterocycles. The van der Waals surface area contributed by atoms with Gasteiger partial charge in [0, 0.05) is 6.42 Å². The van der Waals surface area contributed by atoms with Crippen LogP contribution in [0, 0.1) is 5.92 Å². The first-order valence-corrected chi connectivity index (χ1v) is 10.7. The number of rotatable bonds is 9. The number of carbonyl (C=O) groups is 2. The van der Waals surface area contributed by atoms with E-state index in [2.05, 4.69) is 5.32 Å². The molecule has 3 aromatic rings. The molecule has 0 spiro atoms. The van der Waals surface area contributed by atoms with Gasteiger partial charge in [-0.2, -0.15) is 0 Å². The number of primary amides is 1. The average Bonchev–Trinajstić information content (AvgIpc) is 2.82. The third-order valence-corrected chi connectivity index (χ3v) is 6.06. The highest BCUT2D eigenvalue weighted by molar-refractivity contribution is 5.88. The molecule has 4 heteroatoms. The average molecular weight is 415 g/mol. The normalized spacial score (nSPS) is 13.2. The lowest BCUT2D eigenvalue weighted by atomic mass is 9.67. The molecule has 0 aliphatic heterocycles. The second kappa shape index (κ2) is 10.1. The Labute approximate surface area is 184 Å². The van der Waals surface area contributed by atoms with Gasteiger partial charge in [-0.05, 0) is 22.6 Å². The molecular weight excluding hydrogens is 384 g/mol. The van der Waals surface area contributed by atoms with Crippen LogP contribution >= 0.6 is 0 Å². The molecule has 3 aromatic carbocycles. The van der Waals surface area contributed by atoms with Crippen LogP contribution in [0.5, 0.6) is 0 Å². The van der Waals surface area contributed by atoms with Crippen LogP contribution in [-0.4, -0.2) is 17.9 Å². The lowest BCUT2D eigenvalue weighted by Crippen LogP contribution is -2.50. The van der Waals surface area contributed by atoms with Gasteiger partial charge in [0.1, 0.15) is 6.04 Å². The first-order valence-electron chi connectivity index (χ1n) is 10.7. The predicted octanol–water partition coefficient (Wildman–Crippen LogP) is 4.43. The molecule has 0 aliphatic carbocycles. The summed E-state index contributed by atoms with van der Waals surface area (Å²) in [6, 6.07) is 29.4. The van der Waals surface area contributed by atoms with Crippen molar-refractivity contribution in [3.05, 3.63) is 108 Å². The molecule has 4 nitrogen and oxygen atoms in total. The van der Waals surface area contributed by atoms with Crippen molar-refractivity contribution < 1.29 is 9.59 Å². The molecule has 0 saturated carbocycles. The van der Waals surface area contributed by atoms with Crippen molar-refractivity contribution in [1.29, 1.82) is 0 Å². The number of nitrogens with one attached hydrogen (secondary N) is 1. The zero-order valence-electron chi connectivity index (χ0n) is 18.1. The van der Waals surface area contributed by atoms with E-state index < -0.39 is 17.4 Å². The zero-order chi connectivity index (χ0) is 22.3. The Morgan fingerprint density at radius 2 is 1.19 bits per heavy atom. The van der Waals surface area contributed by atoms with Gasteiger partial charge in [0.2, 0.25) is 11.8 Å². The summed E-state index contributed by atoms with van der Waals surface area (Å²) in [5, 5.41) is 2.92. The number of amides is 2. The van der Waals surface area contributed by atoms with E-state index >= 15 is 0 Å². The van der Waals surface area contributed by atoms with Crippen LogP contribution in [0.2, 0.25) is 0 Å². The molecule has 160 valence electrons. The maximum atomic E-state index is 13.4. The van der Waals surface area contributed by atoms with Gasteiger partial charge in [-0.15, -0.1) is 0 Å². The van der Waals surface area contributed by atoms with E-state index in [4.69, 9.17) is 5.73 Å². The maximum Gasteiger partial charge on any atom is 0.240 e. The summed E-state index contributed by atoms with van der Waals surface area (Å²) in [6.45, 7) is 3.91. The lowest BCUT2D eigenvalue weighted by Gasteiger charge is -2.36. The van der Waals surface area contributed by atoms with Gasteiger partial charge in [-0.3, -0.25) is 9.59 Å². The van der Waals surface area contributed by atoms with Gasteiger partial charge in [0.15, 0.2) is 0 Å². The standard InChI is InChI=1S/C27H30N2O2/c1-3-20(2)25(26(28)31)29-24(30)19-27(21-13-7-4-8-14-21,22-15-9-5-10-16-22)23-17-11-6-12-18-23/h4-18,20,25H,3,19H2,1-2H3,(H2,28,31)(H,29,30)/t20-,25-/m1/s1. The fraction of sp³-hybridized carbons (Fsp3) is 0.259. The third kappa shape index (κ3) is 4.85. The van der Waals surface area contributed by atoms with E-state index in [1.54, 1.807) is 0 Å². The zero-order valence-corrected chi connectivity index (χ0v) is 18.1. The van der Waals surface area contributed by atoms with E-state index in [-0.39, 0.29) is 18.2 Å². The monoisotopic (exact) mass is 414 g/mol. The fourth-order valence-electron chi connectivity index (χ4n) is 4.17. The summed E-state index contributed by atoms with van der Waals surface area (Å²) in [5.74, 6) is -0.755. The molecule has 2 amide bonds. The third-order valence-electron chi connectivity index (χ3n) is 6.06. The highest BCUT2D eigenvalue weighted by Gasteiger charge is 2.39. The molecule has 0 heterocycles. The van der Waals surface area contributed by atoms with Gasteiger partial charge in [0.05, 0.1) is 5.41 Å². The molecule has 0 bridgehead atoms. The summed E-state index contributed by atoms with van der Waals surface area (Å²) < 4.78 is 0. The smallest absolute Gasteiger partial charge is 0.240 e. The Kier molecular flexibility index (Phi) is 7.24. The molecule has 0 fully saturated rings. The quantitative estimate of drug-likeness (QED) is 0.509. The molecule has 31 heavy (non-hydrogen) atoms. The van der Waals surface area contributed by atoms with E-state index in [1.165, 1.54) is 0 Å². The van der Waals surface area contributed by atoms with E-state index in [0.29, 0.717) is 0 Å². The minimum absolute atomic E-state index is 0.0407. The second-order valence-electron chi connectivity index (χ2n) is 8.01. The topological polar surface area (TPSA) is 72.2 Å². The highest BCUT2D eigenvalue weighted by Crippen LogP contribution is 2.42. The van der Waals surface area contributed by atoms with Gasteiger partial charge >= 0.3 is 0 Å².